The number of nitrogens with zero attached hydrogens (tertiary/aromatic N) is 7. The normalized spacial score (nSPS) is 17.7. The molecule has 2 aliphatic heterocycles. The van der Waals surface area contributed by atoms with Crippen LogP contribution in [0.5, 0.6) is 0 Å². The van der Waals surface area contributed by atoms with Gasteiger partial charge in [0.15, 0.2) is 11.6 Å². The standard InChI is InChI=1S/C23H25N7O3/c1-5-24-15-17-14-19(32-18(1)17)22-26-20(28-33-22)13-16-3-7-30(8-4-16)23-25-6-2-21(27-23)29-9-11-31-12-10-29/h1-2,5-6,14-16H,3-4,7-13H2. The molecular formula is C23H25N7O3. The number of fused-ring (bicyclic) bond motifs is 1. The van der Waals surface area contributed by atoms with Crippen molar-refractivity contribution in [2.45, 2.75) is 19.3 Å². The second-order valence-electron chi connectivity index (χ2n) is 8.49. The Morgan fingerprint density at radius 1 is 0.970 bits per heavy atom. The van der Waals surface area contributed by atoms with Crippen molar-refractivity contribution in [3.05, 3.63) is 42.6 Å². The fourth-order valence-electron chi connectivity index (χ4n) is 4.48. The molecule has 6 rings (SSSR count). The molecule has 4 aromatic heterocycles. The number of morpholine rings is 1. The van der Waals surface area contributed by atoms with Crippen LogP contribution in [0.15, 0.2) is 45.7 Å². The second kappa shape index (κ2) is 8.78. The summed E-state index contributed by atoms with van der Waals surface area (Å²) in [4.78, 5) is 22.5. The van der Waals surface area contributed by atoms with Gasteiger partial charge in [-0.2, -0.15) is 9.97 Å². The minimum absolute atomic E-state index is 0.409. The van der Waals surface area contributed by atoms with Crippen LogP contribution in [-0.2, 0) is 11.2 Å². The van der Waals surface area contributed by atoms with E-state index in [9.17, 15) is 0 Å². The highest BCUT2D eigenvalue weighted by atomic mass is 16.5. The summed E-state index contributed by atoms with van der Waals surface area (Å²) in [5.41, 5.74) is 0.757. The predicted octanol–water partition coefficient (Wildman–Crippen LogP) is 2.96. The zero-order chi connectivity index (χ0) is 22.0. The van der Waals surface area contributed by atoms with Crippen LogP contribution in [0.3, 0.4) is 0 Å². The Morgan fingerprint density at radius 2 is 1.85 bits per heavy atom. The highest BCUT2D eigenvalue weighted by Gasteiger charge is 2.24. The number of furan rings is 1. The monoisotopic (exact) mass is 447 g/mol. The van der Waals surface area contributed by atoms with Gasteiger partial charge in [-0.1, -0.05) is 5.16 Å². The van der Waals surface area contributed by atoms with Crippen LogP contribution in [0.25, 0.3) is 22.6 Å². The number of rotatable bonds is 5. The molecule has 0 aromatic carbocycles. The quantitative estimate of drug-likeness (QED) is 0.453. The van der Waals surface area contributed by atoms with E-state index in [0.29, 0.717) is 23.4 Å². The first-order valence-corrected chi connectivity index (χ1v) is 11.4. The summed E-state index contributed by atoms with van der Waals surface area (Å²) in [5.74, 6) is 3.97. The van der Waals surface area contributed by atoms with Crippen LogP contribution in [-0.4, -0.2) is 64.5 Å². The zero-order valence-corrected chi connectivity index (χ0v) is 18.3. The van der Waals surface area contributed by atoms with Crippen LogP contribution >= 0.6 is 0 Å². The summed E-state index contributed by atoms with van der Waals surface area (Å²) in [6, 6.07) is 5.68. The van der Waals surface area contributed by atoms with Gasteiger partial charge in [0.2, 0.25) is 5.95 Å². The maximum atomic E-state index is 5.81. The molecule has 0 spiro atoms. The lowest BCUT2D eigenvalue weighted by atomic mass is 9.93. The molecule has 10 heteroatoms. The topological polar surface area (TPSA) is 106 Å². The molecule has 2 aliphatic rings. The van der Waals surface area contributed by atoms with Gasteiger partial charge in [0, 0.05) is 56.6 Å². The fraction of sp³-hybridized carbons (Fsp3) is 0.435. The maximum Gasteiger partial charge on any atom is 0.293 e. The molecule has 0 aliphatic carbocycles. The van der Waals surface area contributed by atoms with E-state index in [0.717, 1.165) is 81.4 Å². The Labute approximate surface area is 190 Å². The summed E-state index contributed by atoms with van der Waals surface area (Å²) in [7, 11) is 0. The lowest BCUT2D eigenvalue weighted by Crippen LogP contribution is -2.38. The van der Waals surface area contributed by atoms with Gasteiger partial charge in [0.05, 0.1) is 13.2 Å². The fourth-order valence-corrected chi connectivity index (χ4v) is 4.48. The highest BCUT2D eigenvalue weighted by molar-refractivity contribution is 5.80. The summed E-state index contributed by atoms with van der Waals surface area (Å²) < 4.78 is 16.7. The van der Waals surface area contributed by atoms with Crippen molar-refractivity contribution in [3.63, 3.8) is 0 Å². The molecule has 0 unspecified atom stereocenters. The van der Waals surface area contributed by atoms with Crippen molar-refractivity contribution in [3.8, 4) is 11.7 Å². The Kier molecular flexibility index (Phi) is 5.35. The van der Waals surface area contributed by atoms with Gasteiger partial charge in [-0.15, -0.1) is 0 Å². The van der Waals surface area contributed by atoms with E-state index in [2.05, 4.69) is 29.9 Å². The molecule has 2 saturated heterocycles. The summed E-state index contributed by atoms with van der Waals surface area (Å²) in [5, 5.41) is 5.10. The first-order chi connectivity index (χ1) is 16.3. The molecule has 33 heavy (non-hydrogen) atoms. The number of hydrogen-bond acceptors (Lipinski definition) is 10. The van der Waals surface area contributed by atoms with E-state index in [1.165, 1.54) is 0 Å². The van der Waals surface area contributed by atoms with Crippen molar-refractivity contribution in [1.82, 2.24) is 25.1 Å². The predicted molar refractivity (Wildman–Crippen MR) is 121 cm³/mol. The van der Waals surface area contributed by atoms with Gasteiger partial charge in [-0.05, 0) is 37.0 Å². The Balaban J connectivity index is 1.07. The molecule has 10 nitrogen and oxygen atoms in total. The van der Waals surface area contributed by atoms with Gasteiger partial charge in [-0.3, -0.25) is 4.98 Å². The number of aromatic nitrogens is 5. The molecule has 0 atom stereocenters. The van der Waals surface area contributed by atoms with E-state index in [4.69, 9.17) is 18.7 Å². The summed E-state index contributed by atoms with van der Waals surface area (Å²) in [6.07, 6.45) is 8.16. The SMILES string of the molecule is c1cc2oc(-c3nc(CC4CCN(c5nccc(N6CCOCC6)n5)CC4)no3)cc2cn1. The van der Waals surface area contributed by atoms with E-state index < -0.39 is 0 Å². The average molecular weight is 447 g/mol. The van der Waals surface area contributed by atoms with Crippen LogP contribution < -0.4 is 9.80 Å². The molecule has 6 heterocycles. The third kappa shape index (κ3) is 4.25. The molecule has 170 valence electrons. The van der Waals surface area contributed by atoms with Crippen molar-refractivity contribution in [1.29, 1.82) is 0 Å². The summed E-state index contributed by atoms with van der Waals surface area (Å²) >= 11 is 0. The molecule has 0 N–H and O–H groups in total. The van der Waals surface area contributed by atoms with Crippen LogP contribution in [0.2, 0.25) is 0 Å². The molecule has 0 amide bonds. The molecule has 2 fully saturated rings. The second-order valence-corrected chi connectivity index (χ2v) is 8.49. The van der Waals surface area contributed by atoms with E-state index in [1.54, 1.807) is 12.4 Å². The van der Waals surface area contributed by atoms with Gasteiger partial charge in [-0.25, -0.2) is 4.98 Å². The molecule has 0 bridgehead atoms. The Morgan fingerprint density at radius 3 is 2.70 bits per heavy atom. The molecule has 0 radical (unpaired) electrons. The van der Waals surface area contributed by atoms with E-state index in [-0.39, 0.29) is 0 Å². The Hall–Kier alpha value is -3.53. The van der Waals surface area contributed by atoms with Crippen LogP contribution in [0, 0.1) is 5.92 Å². The number of pyridine rings is 1. The average Bonchev–Trinajstić information content (AvgIpc) is 3.52. The maximum absolute atomic E-state index is 5.81. The first-order valence-electron chi connectivity index (χ1n) is 11.4. The minimum atomic E-state index is 0.409. The van der Waals surface area contributed by atoms with E-state index >= 15 is 0 Å². The van der Waals surface area contributed by atoms with Crippen molar-refractivity contribution >= 4 is 22.7 Å². The number of piperidine rings is 1. The number of anilines is 2. The van der Waals surface area contributed by atoms with Crippen LogP contribution in [0.1, 0.15) is 18.7 Å². The molecular weight excluding hydrogens is 422 g/mol. The smallest absolute Gasteiger partial charge is 0.293 e. The summed E-state index contributed by atoms with van der Waals surface area (Å²) in [6.45, 7) is 5.06. The number of hydrogen-bond donors (Lipinski definition) is 0. The number of ether oxygens (including phenoxy) is 1. The lowest BCUT2D eigenvalue weighted by molar-refractivity contribution is 0.122. The first kappa shape index (κ1) is 20.1. The third-order valence-corrected chi connectivity index (χ3v) is 6.33. The van der Waals surface area contributed by atoms with Crippen molar-refractivity contribution in [2.75, 3.05) is 49.2 Å². The lowest BCUT2D eigenvalue weighted by Gasteiger charge is -2.33. The van der Waals surface area contributed by atoms with Gasteiger partial charge in [0.25, 0.3) is 5.89 Å². The molecule has 4 aromatic rings. The Bertz CT molecular complexity index is 1190. The van der Waals surface area contributed by atoms with Crippen molar-refractivity contribution < 1.29 is 13.7 Å². The van der Waals surface area contributed by atoms with E-state index in [1.807, 2.05) is 24.4 Å². The highest BCUT2D eigenvalue weighted by Crippen LogP contribution is 2.28. The van der Waals surface area contributed by atoms with Gasteiger partial charge < -0.3 is 23.5 Å². The minimum Gasteiger partial charge on any atom is -0.451 e. The van der Waals surface area contributed by atoms with Gasteiger partial charge in [0.1, 0.15) is 11.4 Å². The largest absolute Gasteiger partial charge is 0.451 e. The van der Waals surface area contributed by atoms with Gasteiger partial charge >= 0.3 is 0 Å². The third-order valence-electron chi connectivity index (χ3n) is 6.33. The molecule has 0 saturated carbocycles. The van der Waals surface area contributed by atoms with Crippen LogP contribution in [0.4, 0.5) is 11.8 Å². The van der Waals surface area contributed by atoms with Crippen molar-refractivity contribution in [2.24, 2.45) is 5.92 Å². The zero-order valence-electron chi connectivity index (χ0n) is 18.3.